The van der Waals surface area contributed by atoms with E-state index in [1.807, 2.05) is 0 Å². The molecule has 0 unspecified atom stereocenters. The lowest BCUT2D eigenvalue weighted by Gasteiger charge is -2.11. The number of nitrogens with zero attached hydrogens (tertiary/aromatic N) is 1. The van der Waals surface area contributed by atoms with Gasteiger partial charge in [-0.25, -0.2) is 4.90 Å². The molecule has 1 aliphatic heterocycles. The van der Waals surface area contributed by atoms with Crippen molar-refractivity contribution in [3.05, 3.63) is 53.5 Å². The molecule has 1 aromatic heterocycles. The first-order valence-corrected chi connectivity index (χ1v) is 6.33. The number of para-hydroxylation sites is 1. The van der Waals surface area contributed by atoms with Crippen molar-refractivity contribution < 1.29 is 18.8 Å². The highest BCUT2D eigenvalue weighted by Gasteiger charge is 2.34. The summed E-state index contributed by atoms with van der Waals surface area (Å²) in [6, 6.07) is 10.2. The van der Waals surface area contributed by atoms with Crippen molar-refractivity contribution >= 4 is 35.4 Å². The van der Waals surface area contributed by atoms with Gasteiger partial charge in [0.15, 0.2) is 12.0 Å². The molecule has 0 N–H and O–H groups in total. The Balaban J connectivity index is 2.12. The lowest BCUT2D eigenvalue weighted by atomic mass is 10.1. The summed E-state index contributed by atoms with van der Waals surface area (Å²) in [5.41, 5.74) is 1.60. The lowest BCUT2D eigenvalue weighted by Crippen LogP contribution is -2.30. The Hall–Kier alpha value is -2.95. The normalized spacial score (nSPS) is 15.4. The maximum Gasteiger partial charge on any atom is 0.265 e. The number of furan rings is 1. The van der Waals surface area contributed by atoms with Gasteiger partial charge in [-0.3, -0.25) is 14.4 Å². The Morgan fingerprint density at radius 1 is 1.14 bits per heavy atom. The van der Waals surface area contributed by atoms with Crippen molar-refractivity contribution in [2.24, 2.45) is 0 Å². The molecule has 21 heavy (non-hydrogen) atoms. The SMILES string of the molecule is CC(=O)N1C(=O)/C(=C/c2ccc(C=O)o2)c2ccccc21. The number of carbonyl (C=O) groups excluding carboxylic acids is 3. The highest BCUT2D eigenvalue weighted by molar-refractivity contribution is 6.41. The van der Waals surface area contributed by atoms with Crippen molar-refractivity contribution in [2.75, 3.05) is 4.90 Å². The van der Waals surface area contributed by atoms with E-state index in [0.29, 0.717) is 28.9 Å². The molecule has 5 nitrogen and oxygen atoms in total. The topological polar surface area (TPSA) is 67.6 Å². The van der Waals surface area contributed by atoms with Crippen molar-refractivity contribution in [3.63, 3.8) is 0 Å². The third-order valence-electron chi connectivity index (χ3n) is 3.23. The Morgan fingerprint density at radius 2 is 1.86 bits per heavy atom. The summed E-state index contributed by atoms with van der Waals surface area (Å²) in [6.07, 6.45) is 2.13. The van der Waals surface area contributed by atoms with Gasteiger partial charge in [-0.2, -0.15) is 0 Å². The minimum absolute atomic E-state index is 0.184. The van der Waals surface area contributed by atoms with Crippen LogP contribution >= 0.6 is 0 Å². The van der Waals surface area contributed by atoms with Crippen LogP contribution in [-0.2, 0) is 9.59 Å². The van der Waals surface area contributed by atoms with Crippen LogP contribution in [0.4, 0.5) is 5.69 Å². The Kier molecular flexibility index (Phi) is 3.02. The van der Waals surface area contributed by atoms with E-state index in [1.54, 1.807) is 30.3 Å². The fourth-order valence-electron chi connectivity index (χ4n) is 2.35. The van der Waals surface area contributed by atoms with Crippen LogP contribution in [0.5, 0.6) is 0 Å². The minimum atomic E-state index is -0.396. The van der Waals surface area contributed by atoms with Gasteiger partial charge in [0.2, 0.25) is 5.91 Å². The largest absolute Gasteiger partial charge is 0.454 e. The summed E-state index contributed by atoms with van der Waals surface area (Å²) in [7, 11) is 0. The first-order chi connectivity index (χ1) is 10.1. The summed E-state index contributed by atoms with van der Waals surface area (Å²) in [6.45, 7) is 1.34. The molecule has 2 heterocycles. The molecule has 2 aromatic rings. The molecule has 3 rings (SSSR count). The van der Waals surface area contributed by atoms with Crippen LogP contribution < -0.4 is 4.90 Å². The maximum atomic E-state index is 12.4. The van der Waals surface area contributed by atoms with E-state index >= 15 is 0 Å². The molecule has 1 aromatic carbocycles. The maximum absolute atomic E-state index is 12.4. The molecule has 0 atom stereocenters. The van der Waals surface area contributed by atoms with E-state index < -0.39 is 5.91 Å². The number of imide groups is 1. The fraction of sp³-hybridized carbons (Fsp3) is 0.0625. The van der Waals surface area contributed by atoms with E-state index in [2.05, 4.69) is 0 Å². The van der Waals surface area contributed by atoms with Gasteiger partial charge < -0.3 is 4.42 Å². The van der Waals surface area contributed by atoms with Gasteiger partial charge in [-0.1, -0.05) is 18.2 Å². The average molecular weight is 281 g/mol. The van der Waals surface area contributed by atoms with E-state index in [4.69, 9.17) is 4.42 Å². The highest BCUT2D eigenvalue weighted by atomic mass is 16.3. The Bertz CT molecular complexity index is 785. The standard InChI is InChI=1S/C16H11NO4/c1-10(19)17-15-5-3-2-4-13(15)14(16(17)20)8-11-6-7-12(9-18)21-11/h2-9H,1H3/b14-8+. The van der Waals surface area contributed by atoms with Crippen LogP contribution in [0.15, 0.2) is 40.8 Å². The fourth-order valence-corrected chi connectivity index (χ4v) is 2.35. The molecule has 0 saturated heterocycles. The first-order valence-electron chi connectivity index (χ1n) is 6.33. The predicted octanol–water partition coefficient (Wildman–Crippen LogP) is 2.53. The van der Waals surface area contributed by atoms with Gasteiger partial charge in [-0.15, -0.1) is 0 Å². The van der Waals surface area contributed by atoms with Gasteiger partial charge in [0.05, 0.1) is 11.3 Å². The van der Waals surface area contributed by atoms with E-state index in [0.717, 1.165) is 4.90 Å². The smallest absolute Gasteiger partial charge is 0.265 e. The lowest BCUT2D eigenvalue weighted by molar-refractivity contribution is -0.122. The quantitative estimate of drug-likeness (QED) is 0.626. The Morgan fingerprint density at radius 3 is 2.52 bits per heavy atom. The average Bonchev–Trinajstić information content (AvgIpc) is 3.03. The summed E-state index contributed by atoms with van der Waals surface area (Å²) < 4.78 is 5.25. The third kappa shape index (κ3) is 2.08. The predicted molar refractivity (Wildman–Crippen MR) is 76.6 cm³/mol. The van der Waals surface area contributed by atoms with Crippen molar-refractivity contribution in [1.82, 2.24) is 0 Å². The third-order valence-corrected chi connectivity index (χ3v) is 3.23. The van der Waals surface area contributed by atoms with Gasteiger partial charge in [0, 0.05) is 12.5 Å². The Labute approximate surface area is 120 Å². The number of anilines is 1. The van der Waals surface area contributed by atoms with Crippen molar-refractivity contribution in [3.8, 4) is 0 Å². The number of hydrogen-bond donors (Lipinski definition) is 0. The molecule has 0 bridgehead atoms. The number of hydrogen-bond acceptors (Lipinski definition) is 4. The monoisotopic (exact) mass is 281 g/mol. The summed E-state index contributed by atoms with van der Waals surface area (Å²) in [5, 5.41) is 0. The number of amides is 2. The zero-order chi connectivity index (χ0) is 15.0. The summed E-state index contributed by atoms with van der Waals surface area (Å²) in [5.74, 6) is -0.165. The summed E-state index contributed by atoms with van der Waals surface area (Å²) in [4.78, 5) is 35.8. The van der Waals surface area contributed by atoms with Crippen molar-refractivity contribution in [2.45, 2.75) is 6.92 Å². The van der Waals surface area contributed by atoms with Crippen LogP contribution in [0.3, 0.4) is 0 Å². The second-order valence-electron chi connectivity index (χ2n) is 4.59. The summed E-state index contributed by atoms with van der Waals surface area (Å²) >= 11 is 0. The number of rotatable bonds is 2. The molecule has 5 heteroatoms. The first kappa shape index (κ1) is 13.1. The molecule has 1 aliphatic rings. The number of fused-ring (bicyclic) bond motifs is 1. The highest BCUT2D eigenvalue weighted by Crippen LogP contribution is 2.37. The molecular formula is C16H11NO4. The van der Waals surface area contributed by atoms with E-state index in [-0.39, 0.29) is 11.7 Å². The number of benzene rings is 1. The van der Waals surface area contributed by atoms with Gasteiger partial charge in [-0.05, 0) is 24.3 Å². The molecule has 0 saturated carbocycles. The zero-order valence-electron chi connectivity index (χ0n) is 11.2. The molecular weight excluding hydrogens is 270 g/mol. The van der Waals surface area contributed by atoms with Crippen LogP contribution in [0.1, 0.15) is 28.8 Å². The molecule has 0 fully saturated rings. The van der Waals surface area contributed by atoms with Crippen molar-refractivity contribution in [1.29, 1.82) is 0 Å². The van der Waals surface area contributed by atoms with Crippen LogP contribution in [0.2, 0.25) is 0 Å². The number of carbonyl (C=O) groups is 3. The molecule has 0 radical (unpaired) electrons. The molecule has 2 amide bonds. The molecule has 0 spiro atoms. The zero-order valence-corrected chi connectivity index (χ0v) is 11.2. The van der Waals surface area contributed by atoms with Gasteiger partial charge in [0.25, 0.3) is 5.91 Å². The van der Waals surface area contributed by atoms with E-state index in [9.17, 15) is 14.4 Å². The minimum Gasteiger partial charge on any atom is -0.454 e. The molecule has 0 aliphatic carbocycles. The van der Waals surface area contributed by atoms with Gasteiger partial charge in [0.1, 0.15) is 5.76 Å². The van der Waals surface area contributed by atoms with E-state index in [1.165, 1.54) is 19.1 Å². The molecule has 104 valence electrons. The van der Waals surface area contributed by atoms with Crippen LogP contribution in [0, 0.1) is 0 Å². The van der Waals surface area contributed by atoms with Gasteiger partial charge >= 0.3 is 0 Å². The second-order valence-corrected chi connectivity index (χ2v) is 4.59. The number of aldehydes is 1. The second kappa shape index (κ2) is 4.86. The van der Waals surface area contributed by atoms with Crippen LogP contribution in [0.25, 0.3) is 11.6 Å². The van der Waals surface area contributed by atoms with Crippen LogP contribution in [-0.4, -0.2) is 18.1 Å².